The number of rotatable bonds is 4. The van der Waals surface area contributed by atoms with Gasteiger partial charge in [0.1, 0.15) is 11.3 Å². The SMILES string of the molecule is COc1cccc(N2CCN(C(=O)Cc3coc4cc(C)ccc34)CC2)c1. The van der Waals surface area contributed by atoms with E-state index < -0.39 is 0 Å². The van der Waals surface area contributed by atoms with Crippen LogP contribution in [0.3, 0.4) is 0 Å². The van der Waals surface area contributed by atoms with Crippen LogP contribution in [0.1, 0.15) is 11.1 Å². The number of anilines is 1. The summed E-state index contributed by atoms with van der Waals surface area (Å²) in [6, 6.07) is 14.2. The van der Waals surface area contributed by atoms with Crippen molar-refractivity contribution in [3.8, 4) is 5.75 Å². The van der Waals surface area contributed by atoms with Crippen molar-refractivity contribution in [3.63, 3.8) is 0 Å². The number of carbonyl (C=O) groups is 1. The van der Waals surface area contributed by atoms with Crippen molar-refractivity contribution in [1.82, 2.24) is 4.90 Å². The van der Waals surface area contributed by atoms with Gasteiger partial charge in [-0.1, -0.05) is 18.2 Å². The highest BCUT2D eigenvalue weighted by Crippen LogP contribution is 2.24. The fraction of sp³-hybridized carbons (Fsp3) is 0.318. The Morgan fingerprint density at radius 3 is 2.70 bits per heavy atom. The second-order valence-electron chi connectivity index (χ2n) is 7.01. The maximum absolute atomic E-state index is 12.8. The first-order valence-electron chi connectivity index (χ1n) is 9.27. The molecular weight excluding hydrogens is 340 g/mol. The van der Waals surface area contributed by atoms with Gasteiger partial charge in [0.25, 0.3) is 0 Å². The third-order valence-electron chi connectivity index (χ3n) is 5.20. The number of ether oxygens (including phenoxy) is 1. The highest BCUT2D eigenvalue weighted by atomic mass is 16.5. The second kappa shape index (κ2) is 7.35. The Balaban J connectivity index is 1.39. The van der Waals surface area contributed by atoms with E-state index >= 15 is 0 Å². The van der Waals surface area contributed by atoms with Gasteiger partial charge in [0.2, 0.25) is 5.91 Å². The summed E-state index contributed by atoms with van der Waals surface area (Å²) in [6.45, 7) is 5.14. The van der Waals surface area contributed by atoms with Crippen LogP contribution in [0.2, 0.25) is 0 Å². The molecule has 2 heterocycles. The molecule has 140 valence electrons. The van der Waals surface area contributed by atoms with E-state index in [1.54, 1.807) is 13.4 Å². The van der Waals surface area contributed by atoms with E-state index in [9.17, 15) is 4.79 Å². The van der Waals surface area contributed by atoms with Crippen LogP contribution < -0.4 is 9.64 Å². The summed E-state index contributed by atoms with van der Waals surface area (Å²) in [5.74, 6) is 1.01. The minimum Gasteiger partial charge on any atom is -0.497 e. The minimum atomic E-state index is 0.156. The smallest absolute Gasteiger partial charge is 0.227 e. The Labute approximate surface area is 159 Å². The molecule has 0 unspecified atom stereocenters. The van der Waals surface area contributed by atoms with Crippen molar-refractivity contribution in [3.05, 3.63) is 59.9 Å². The van der Waals surface area contributed by atoms with Gasteiger partial charge in [-0.05, 0) is 30.7 Å². The summed E-state index contributed by atoms with van der Waals surface area (Å²) in [6.07, 6.45) is 2.10. The number of methoxy groups -OCH3 is 1. The number of furan rings is 1. The highest BCUT2D eigenvalue weighted by Gasteiger charge is 2.22. The van der Waals surface area contributed by atoms with Gasteiger partial charge in [-0.25, -0.2) is 0 Å². The van der Waals surface area contributed by atoms with E-state index in [1.807, 2.05) is 42.2 Å². The third-order valence-corrected chi connectivity index (χ3v) is 5.20. The molecule has 1 fully saturated rings. The Bertz CT molecular complexity index is 955. The van der Waals surface area contributed by atoms with Crippen LogP contribution in [-0.2, 0) is 11.2 Å². The molecule has 0 N–H and O–H groups in total. The summed E-state index contributed by atoms with van der Waals surface area (Å²) in [5, 5.41) is 1.03. The van der Waals surface area contributed by atoms with Gasteiger partial charge in [-0.15, -0.1) is 0 Å². The summed E-state index contributed by atoms with van der Waals surface area (Å²) in [4.78, 5) is 17.0. The maximum atomic E-state index is 12.8. The zero-order chi connectivity index (χ0) is 18.8. The van der Waals surface area contributed by atoms with Crippen LogP contribution in [0, 0.1) is 6.92 Å². The van der Waals surface area contributed by atoms with Crippen molar-refractivity contribution in [2.75, 3.05) is 38.2 Å². The van der Waals surface area contributed by atoms with Crippen molar-refractivity contribution in [2.24, 2.45) is 0 Å². The second-order valence-corrected chi connectivity index (χ2v) is 7.01. The number of benzene rings is 2. The predicted octanol–water partition coefficient (Wildman–Crippen LogP) is 3.64. The van der Waals surface area contributed by atoms with Crippen molar-refractivity contribution in [2.45, 2.75) is 13.3 Å². The average Bonchev–Trinajstić information content (AvgIpc) is 3.09. The summed E-state index contributed by atoms with van der Waals surface area (Å²) in [7, 11) is 1.68. The molecule has 1 aliphatic heterocycles. The van der Waals surface area contributed by atoms with Crippen LogP contribution in [0.15, 0.2) is 53.1 Å². The van der Waals surface area contributed by atoms with E-state index in [1.165, 1.54) is 0 Å². The summed E-state index contributed by atoms with van der Waals surface area (Å²) in [5.41, 5.74) is 4.10. The van der Waals surface area contributed by atoms with Crippen LogP contribution in [0.5, 0.6) is 5.75 Å². The van der Waals surface area contributed by atoms with E-state index in [2.05, 4.69) is 17.0 Å². The molecule has 0 atom stereocenters. The number of aryl methyl sites for hydroxylation is 1. The zero-order valence-corrected chi connectivity index (χ0v) is 15.8. The first kappa shape index (κ1) is 17.5. The lowest BCUT2D eigenvalue weighted by Crippen LogP contribution is -2.49. The molecule has 2 aromatic carbocycles. The topological polar surface area (TPSA) is 45.9 Å². The summed E-state index contributed by atoms with van der Waals surface area (Å²) >= 11 is 0. The highest BCUT2D eigenvalue weighted by molar-refractivity contribution is 5.88. The Hall–Kier alpha value is -2.95. The fourth-order valence-electron chi connectivity index (χ4n) is 3.62. The van der Waals surface area contributed by atoms with E-state index in [4.69, 9.17) is 9.15 Å². The number of piperazine rings is 1. The van der Waals surface area contributed by atoms with E-state index in [0.717, 1.165) is 59.7 Å². The van der Waals surface area contributed by atoms with E-state index in [0.29, 0.717) is 6.42 Å². The van der Waals surface area contributed by atoms with Crippen LogP contribution in [0.25, 0.3) is 11.0 Å². The first-order chi connectivity index (χ1) is 13.1. The average molecular weight is 364 g/mol. The first-order valence-corrected chi connectivity index (χ1v) is 9.27. The lowest BCUT2D eigenvalue weighted by molar-refractivity contribution is -0.130. The van der Waals surface area contributed by atoms with Gasteiger partial charge in [0.05, 0.1) is 19.8 Å². The maximum Gasteiger partial charge on any atom is 0.227 e. The Morgan fingerprint density at radius 1 is 1.11 bits per heavy atom. The quantitative estimate of drug-likeness (QED) is 0.709. The molecule has 27 heavy (non-hydrogen) atoms. The molecule has 0 saturated carbocycles. The van der Waals surface area contributed by atoms with Gasteiger partial charge < -0.3 is 19.0 Å². The molecule has 1 amide bonds. The minimum absolute atomic E-state index is 0.156. The predicted molar refractivity (Wildman–Crippen MR) is 106 cm³/mol. The van der Waals surface area contributed by atoms with Crippen LogP contribution in [-0.4, -0.2) is 44.1 Å². The third kappa shape index (κ3) is 3.63. The number of carbonyl (C=O) groups excluding carboxylic acids is 1. The molecule has 3 aromatic rings. The van der Waals surface area contributed by atoms with Gasteiger partial charge in [0.15, 0.2) is 0 Å². The van der Waals surface area contributed by atoms with Gasteiger partial charge in [-0.2, -0.15) is 0 Å². The number of nitrogens with zero attached hydrogens (tertiary/aromatic N) is 2. The van der Waals surface area contributed by atoms with Crippen LogP contribution in [0.4, 0.5) is 5.69 Å². The fourth-order valence-corrected chi connectivity index (χ4v) is 3.62. The zero-order valence-electron chi connectivity index (χ0n) is 15.8. The van der Waals surface area contributed by atoms with Gasteiger partial charge in [-0.3, -0.25) is 4.79 Å². The molecule has 0 aliphatic carbocycles. The normalized spacial score (nSPS) is 14.6. The number of hydrogen-bond donors (Lipinski definition) is 0. The molecule has 0 radical (unpaired) electrons. The molecule has 5 heteroatoms. The van der Waals surface area contributed by atoms with Crippen LogP contribution >= 0.6 is 0 Å². The molecule has 4 rings (SSSR count). The number of fused-ring (bicyclic) bond motifs is 1. The van der Waals surface area contributed by atoms with Crippen molar-refractivity contribution in [1.29, 1.82) is 0 Å². The standard InChI is InChI=1S/C22H24N2O3/c1-16-6-7-20-17(15-27-21(20)12-16)13-22(25)24-10-8-23(9-11-24)18-4-3-5-19(14-18)26-2/h3-7,12,14-15H,8-11,13H2,1-2H3. The molecule has 1 aliphatic rings. The molecule has 5 nitrogen and oxygen atoms in total. The molecule has 1 saturated heterocycles. The van der Waals surface area contributed by atoms with Gasteiger partial charge >= 0.3 is 0 Å². The lowest BCUT2D eigenvalue weighted by atomic mass is 10.1. The molecule has 1 aromatic heterocycles. The van der Waals surface area contributed by atoms with E-state index in [-0.39, 0.29) is 5.91 Å². The number of amides is 1. The number of hydrogen-bond acceptors (Lipinski definition) is 4. The summed E-state index contributed by atoms with van der Waals surface area (Å²) < 4.78 is 10.9. The Kier molecular flexibility index (Phi) is 4.75. The molecule has 0 spiro atoms. The van der Waals surface area contributed by atoms with Crippen molar-refractivity contribution < 1.29 is 13.9 Å². The molecule has 0 bridgehead atoms. The van der Waals surface area contributed by atoms with Crippen molar-refractivity contribution >= 4 is 22.6 Å². The van der Waals surface area contributed by atoms with Gasteiger partial charge in [0, 0.05) is 48.9 Å². The largest absolute Gasteiger partial charge is 0.497 e. The monoisotopic (exact) mass is 364 g/mol. The lowest BCUT2D eigenvalue weighted by Gasteiger charge is -2.36. The Morgan fingerprint density at radius 2 is 1.93 bits per heavy atom. The molecular formula is C22H24N2O3.